The Morgan fingerprint density at radius 2 is 1.92 bits per heavy atom. The summed E-state index contributed by atoms with van der Waals surface area (Å²) in [4.78, 5) is 0. The predicted molar refractivity (Wildman–Crippen MR) is 87.1 cm³/mol. The summed E-state index contributed by atoms with van der Waals surface area (Å²) in [6.45, 7) is 0.283. The quantitative estimate of drug-likeness (QED) is 0.650. The van der Waals surface area contributed by atoms with Gasteiger partial charge in [-0.25, -0.2) is 13.1 Å². The fraction of sp³-hybridized carbons (Fsp3) is 0.250. The first-order valence-electron chi connectivity index (χ1n) is 7.29. The Bertz CT molecular complexity index is 900. The van der Waals surface area contributed by atoms with Crippen LogP contribution in [0, 0.1) is 0 Å². The van der Waals surface area contributed by atoms with Crippen molar-refractivity contribution in [2.75, 3.05) is 7.11 Å². The minimum Gasteiger partial charge on any atom is -0.378 e. The first-order valence-corrected chi connectivity index (χ1v) is 9.12. The summed E-state index contributed by atoms with van der Waals surface area (Å²) in [7, 11) is -1.87. The van der Waals surface area contributed by atoms with E-state index in [1.807, 2.05) is 30.3 Å². The molecule has 24 heavy (non-hydrogen) atoms. The lowest BCUT2D eigenvalue weighted by atomic mass is 10.3. The topological polar surface area (TPSA) is 87.2 Å². The molecule has 0 aliphatic heterocycles. The zero-order chi connectivity index (χ0) is 17.0. The van der Waals surface area contributed by atoms with Gasteiger partial charge in [0.05, 0.1) is 23.7 Å². The Labute approximate surface area is 139 Å². The summed E-state index contributed by atoms with van der Waals surface area (Å²) < 4.78 is 36.2. The Balaban J connectivity index is 1.69. The van der Waals surface area contributed by atoms with Crippen LogP contribution in [0.15, 0.2) is 53.2 Å². The van der Waals surface area contributed by atoms with Crippen LogP contribution in [0.2, 0.25) is 0 Å². The maximum Gasteiger partial charge on any atom is 0.163 e. The molecular weight excluding hydrogens is 330 g/mol. The van der Waals surface area contributed by atoms with Crippen LogP contribution in [-0.2, 0) is 32.7 Å². The molecular formula is C16H17N3O4S. The molecule has 3 aromatic rings. The highest BCUT2D eigenvalue weighted by Crippen LogP contribution is 2.14. The number of benzene rings is 1. The lowest BCUT2D eigenvalue weighted by Gasteiger charge is -2.01. The molecule has 0 amide bonds. The molecule has 0 saturated heterocycles. The van der Waals surface area contributed by atoms with E-state index in [9.17, 15) is 8.42 Å². The van der Waals surface area contributed by atoms with Crippen LogP contribution in [-0.4, -0.2) is 30.5 Å². The maximum absolute atomic E-state index is 12.3. The fourth-order valence-electron chi connectivity index (χ4n) is 2.30. The molecule has 0 aliphatic rings. The maximum atomic E-state index is 12.3. The van der Waals surface area contributed by atoms with Gasteiger partial charge < -0.3 is 9.26 Å². The number of hydrogen-bond donors (Lipinski definition) is 0. The molecule has 0 unspecified atom stereocenters. The van der Waals surface area contributed by atoms with Crippen LogP contribution < -0.4 is 0 Å². The van der Waals surface area contributed by atoms with Crippen molar-refractivity contribution < 1.29 is 17.7 Å². The summed E-state index contributed by atoms with van der Waals surface area (Å²) in [6.07, 6.45) is 1.74. The van der Waals surface area contributed by atoms with E-state index in [-0.39, 0.29) is 18.1 Å². The Kier molecular flexibility index (Phi) is 4.77. The van der Waals surface area contributed by atoms with Crippen LogP contribution in [0.25, 0.3) is 5.69 Å². The van der Waals surface area contributed by atoms with Gasteiger partial charge in [0.25, 0.3) is 0 Å². The highest BCUT2D eigenvalue weighted by molar-refractivity contribution is 7.89. The van der Waals surface area contributed by atoms with Crippen molar-refractivity contribution in [1.29, 1.82) is 0 Å². The van der Waals surface area contributed by atoms with Crippen LogP contribution in [0.1, 0.15) is 17.1 Å². The Morgan fingerprint density at radius 3 is 2.67 bits per heavy atom. The molecule has 0 fully saturated rings. The second-order valence-electron chi connectivity index (χ2n) is 5.34. The normalized spacial score (nSPS) is 11.7. The van der Waals surface area contributed by atoms with Gasteiger partial charge >= 0.3 is 0 Å². The number of sulfone groups is 1. The molecule has 126 valence electrons. The number of hydrogen-bond acceptors (Lipinski definition) is 6. The molecule has 0 spiro atoms. The molecule has 0 N–H and O–H groups in total. The van der Waals surface area contributed by atoms with Gasteiger partial charge in [0, 0.05) is 19.4 Å². The number of methoxy groups -OCH3 is 1. The summed E-state index contributed by atoms with van der Waals surface area (Å²) in [5, 5.41) is 8.07. The summed E-state index contributed by atoms with van der Waals surface area (Å²) >= 11 is 0. The van der Waals surface area contributed by atoms with E-state index in [0.29, 0.717) is 17.1 Å². The largest absolute Gasteiger partial charge is 0.378 e. The number of rotatable bonds is 7. The third-order valence-corrected chi connectivity index (χ3v) is 4.75. The minimum absolute atomic E-state index is 0.160. The highest BCUT2D eigenvalue weighted by atomic mass is 32.2. The van der Waals surface area contributed by atoms with Gasteiger partial charge in [0.1, 0.15) is 11.4 Å². The molecule has 7 nitrogen and oxygen atoms in total. The molecule has 2 aromatic heterocycles. The molecule has 0 radical (unpaired) electrons. The van der Waals surface area contributed by atoms with Crippen molar-refractivity contribution in [3.05, 3.63) is 65.8 Å². The second-order valence-corrected chi connectivity index (χ2v) is 7.40. The van der Waals surface area contributed by atoms with E-state index >= 15 is 0 Å². The Hall–Kier alpha value is -2.45. The molecule has 2 heterocycles. The second kappa shape index (κ2) is 6.98. The number of para-hydroxylation sites is 1. The van der Waals surface area contributed by atoms with Crippen molar-refractivity contribution in [2.45, 2.75) is 18.1 Å². The zero-order valence-electron chi connectivity index (χ0n) is 13.1. The minimum atomic E-state index is -3.41. The van der Waals surface area contributed by atoms with Crippen molar-refractivity contribution in [3.8, 4) is 5.69 Å². The average molecular weight is 347 g/mol. The number of aromatic nitrogens is 3. The standard InChI is InChI=1S/C16H17N3O4S/c1-22-10-14-9-16(23-18-14)12-24(20,21)11-13-7-8-19(17-13)15-5-3-2-4-6-15/h2-9H,10-12H2,1H3. The van der Waals surface area contributed by atoms with Crippen LogP contribution in [0.5, 0.6) is 0 Å². The lowest BCUT2D eigenvalue weighted by molar-refractivity contribution is 0.177. The number of nitrogens with zero attached hydrogens (tertiary/aromatic N) is 3. The smallest absolute Gasteiger partial charge is 0.163 e. The van der Waals surface area contributed by atoms with Crippen molar-refractivity contribution >= 4 is 9.84 Å². The van der Waals surface area contributed by atoms with Crippen molar-refractivity contribution in [1.82, 2.24) is 14.9 Å². The van der Waals surface area contributed by atoms with Gasteiger partial charge in [-0.15, -0.1) is 0 Å². The lowest BCUT2D eigenvalue weighted by Crippen LogP contribution is -2.08. The van der Waals surface area contributed by atoms with Crippen molar-refractivity contribution in [2.24, 2.45) is 0 Å². The molecule has 8 heteroatoms. The predicted octanol–water partition coefficient (Wildman–Crippen LogP) is 2.12. The van der Waals surface area contributed by atoms with Crippen LogP contribution >= 0.6 is 0 Å². The molecule has 0 saturated carbocycles. The monoisotopic (exact) mass is 347 g/mol. The van der Waals surface area contributed by atoms with E-state index in [4.69, 9.17) is 9.26 Å². The van der Waals surface area contributed by atoms with Crippen LogP contribution in [0.4, 0.5) is 0 Å². The SMILES string of the molecule is COCc1cc(CS(=O)(=O)Cc2ccn(-c3ccccc3)n2)on1. The van der Waals surface area contributed by atoms with Gasteiger partial charge in [-0.3, -0.25) is 0 Å². The highest BCUT2D eigenvalue weighted by Gasteiger charge is 2.18. The third-order valence-electron chi connectivity index (χ3n) is 3.29. The summed E-state index contributed by atoms with van der Waals surface area (Å²) in [6, 6.07) is 12.8. The van der Waals surface area contributed by atoms with E-state index < -0.39 is 9.84 Å². The molecule has 3 rings (SSSR count). The molecule has 0 aliphatic carbocycles. The van der Waals surface area contributed by atoms with E-state index in [2.05, 4.69) is 10.3 Å². The Morgan fingerprint density at radius 1 is 1.12 bits per heavy atom. The van der Waals surface area contributed by atoms with E-state index in [0.717, 1.165) is 5.69 Å². The zero-order valence-corrected chi connectivity index (χ0v) is 13.9. The van der Waals surface area contributed by atoms with E-state index in [1.165, 1.54) is 7.11 Å². The van der Waals surface area contributed by atoms with E-state index in [1.54, 1.807) is 23.0 Å². The van der Waals surface area contributed by atoms with Crippen molar-refractivity contribution in [3.63, 3.8) is 0 Å². The van der Waals surface area contributed by atoms with Gasteiger partial charge in [-0.2, -0.15) is 5.10 Å². The summed E-state index contributed by atoms with van der Waals surface area (Å²) in [5.74, 6) is -0.0840. The third kappa shape index (κ3) is 4.09. The van der Waals surface area contributed by atoms with Gasteiger partial charge in [-0.05, 0) is 18.2 Å². The molecule has 1 aromatic carbocycles. The average Bonchev–Trinajstić information content (AvgIpc) is 3.17. The molecule has 0 bridgehead atoms. The molecule has 0 atom stereocenters. The summed E-state index contributed by atoms with van der Waals surface area (Å²) in [5.41, 5.74) is 1.92. The first kappa shape index (κ1) is 16.4. The fourth-order valence-corrected chi connectivity index (χ4v) is 3.57. The number of ether oxygens (including phenoxy) is 1. The van der Waals surface area contributed by atoms with Gasteiger partial charge in [0.2, 0.25) is 0 Å². The van der Waals surface area contributed by atoms with Gasteiger partial charge in [0.15, 0.2) is 15.6 Å². The van der Waals surface area contributed by atoms with Gasteiger partial charge in [-0.1, -0.05) is 23.4 Å². The van der Waals surface area contributed by atoms with Crippen LogP contribution in [0.3, 0.4) is 0 Å². The first-order chi connectivity index (χ1) is 11.6.